The number of ketones is 1. The van der Waals surface area contributed by atoms with Crippen molar-refractivity contribution in [2.45, 2.75) is 46.1 Å². The summed E-state index contributed by atoms with van der Waals surface area (Å²) in [5.74, 6) is 0.828. The smallest absolute Gasteiger partial charge is 0.220 e. The second-order valence-electron chi connectivity index (χ2n) is 8.22. The molecular formula is C24H27N5O. The maximum Gasteiger partial charge on any atom is 0.220 e. The van der Waals surface area contributed by atoms with Crippen LogP contribution in [0.5, 0.6) is 0 Å². The molecule has 0 unspecified atom stereocenters. The second-order valence-corrected chi connectivity index (χ2v) is 8.22. The molecule has 0 bridgehead atoms. The van der Waals surface area contributed by atoms with Crippen LogP contribution >= 0.6 is 0 Å². The van der Waals surface area contributed by atoms with Crippen LogP contribution in [0.1, 0.15) is 58.3 Å². The zero-order chi connectivity index (χ0) is 21.3. The summed E-state index contributed by atoms with van der Waals surface area (Å²) in [6.07, 6.45) is 2.95. The van der Waals surface area contributed by atoms with Gasteiger partial charge in [-0.15, -0.1) is 0 Å². The fourth-order valence-corrected chi connectivity index (χ4v) is 3.82. The number of nitrogens with zero attached hydrogens (tertiary/aromatic N) is 4. The van der Waals surface area contributed by atoms with E-state index in [2.05, 4.69) is 45.8 Å². The van der Waals surface area contributed by atoms with Gasteiger partial charge in [0, 0.05) is 49.1 Å². The number of carbonyl (C=O) groups excluding carboxylic acids is 1. The maximum atomic E-state index is 12.9. The number of fused-ring (bicyclic) bond motifs is 1. The summed E-state index contributed by atoms with van der Waals surface area (Å²) in [4.78, 5) is 28.2. The molecule has 4 rings (SSSR count). The fourth-order valence-electron chi connectivity index (χ4n) is 3.82. The molecule has 0 spiro atoms. The molecule has 1 aliphatic heterocycles. The predicted octanol–water partition coefficient (Wildman–Crippen LogP) is 3.87. The number of nitrogens with two attached hydrogens (primary N) is 1. The number of nitrogen functional groups attached to an aromatic ring is 1. The summed E-state index contributed by atoms with van der Waals surface area (Å²) >= 11 is 0. The van der Waals surface area contributed by atoms with Crippen LogP contribution in [0.2, 0.25) is 0 Å². The first kappa shape index (κ1) is 20.0. The number of aromatic nitrogens is 3. The number of benzene rings is 1. The molecule has 0 saturated carbocycles. The van der Waals surface area contributed by atoms with Crippen LogP contribution in [0.15, 0.2) is 42.6 Å². The van der Waals surface area contributed by atoms with Crippen LogP contribution in [-0.4, -0.2) is 27.3 Å². The Morgan fingerprint density at radius 1 is 1.17 bits per heavy atom. The Morgan fingerprint density at radius 2 is 1.93 bits per heavy atom. The molecule has 1 aromatic carbocycles. The highest BCUT2D eigenvalue weighted by molar-refractivity contribution is 5.96. The summed E-state index contributed by atoms with van der Waals surface area (Å²) in [5, 5.41) is 0. The minimum Gasteiger partial charge on any atom is -0.368 e. The van der Waals surface area contributed by atoms with Crippen molar-refractivity contribution in [1.82, 2.24) is 15.0 Å². The minimum atomic E-state index is 0.0331. The van der Waals surface area contributed by atoms with E-state index in [0.29, 0.717) is 30.5 Å². The van der Waals surface area contributed by atoms with Gasteiger partial charge in [-0.25, -0.2) is 15.0 Å². The molecule has 3 heterocycles. The summed E-state index contributed by atoms with van der Waals surface area (Å²) in [6.45, 7) is 7.77. The number of pyridine rings is 1. The summed E-state index contributed by atoms with van der Waals surface area (Å²) < 4.78 is 0. The van der Waals surface area contributed by atoms with Gasteiger partial charge in [0.2, 0.25) is 5.95 Å². The Morgan fingerprint density at radius 3 is 2.67 bits per heavy atom. The van der Waals surface area contributed by atoms with Gasteiger partial charge in [0.15, 0.2) is 5.78 Å². The molecule has 1 aliphatic rings. The largest absolute Gasteiger partial charge is 0.368 e. The first-order valence-corrected chi connectivity index (χ1v) is 10.3. The van der Waals surface area contributed by atoms with Crippen molar-refractivity contribution in [2.75, 3.05) is 17.2 Å². The molecule has 0 saturated heterocycles. The van der Waals surface area contributed by atoms with Crippen LogP contribution in [0.25, 0.3) is 0 Å². The van der Waals surface area contributed by atoms with Gasteiger partial charge in [-0.3, -0.25) is 4.79 Å². The normalized spacial score (nSPS) is 13.4. The van der Waals surface area contributed by atoms with Gasteiger partial charge in [0.25, 0.3) is 0 Å². The third-order valence-electron chi connectivity index (χ3n) is 5.55. The molecule has 6 heteroatoms. The van der Waals surface area contributed by atoms with Gasteiger partial charge in [-0.05, 0) is 36.1 Å². The van der Waals surface area contributed by atoms with E-state index in [1.807, 2.05) is 31.2 Å². The highest BCUT2D eigenvalue weighted by atomic mass is 16.1. The van der Waals surface area contributed by atoms with Gasteiger partial charge >= 0.3 is 0 Å². The molecule has 0 fully saturated rings. The lowest BCUT2D eigenvalue weighted by atomic mass is 9.99. The van der Waals surface area contributed by atoms with Gasteiger partial charge in [-0.1, -0.05) is 38.1 Å². The van der Waals surface area contributed by atoms with Crippen LogP contribution in [-0.2, 0) is 19.4 Å². The van der Waals surface area contributed by atoms with Crippen molar-refractivity contribution in [3.63, 3.8) is 0 Å². The Labute approximate surface area is 177 Å². The molecule has 2 N–H and O–H groups in total. The fraction of sp³-hybridized carbons (Fsp3) is 0.333. The zero-order valence-corrected chi connectivity index (χ0v) is 17.7. The lowest BCUT2D eigenvalue weighted by Crippen LogP contribution is -2.31. The van der Waals surface area contributed by atoms with E-state index < -0.39 is 0 Å². The van der Waals surface area contributed by atoms with Crippen LogP contribution in [0.4, 0.5) is 11.6 Å². The van der Waals surface area contributed by atoms with E-state index in [-0.39, 0.29) is 5.78 Å². The van der Waals surface area contributed by atoms with Crippen LogP contribution in [0.3, 0.4) is 0 Å². The number of hydrogen-bond acceptors (Lipinski definition) is 6. The van der Waals surface area contributed by atoms with Crippen molar-refractivity contribution < 1.29 is 4.79 Å². The summed E-state index contributed by atoms with van der Waals surface area (Å²) in [6, 6.07) is 12.2. The van der Waals surface area contributed by atoms with E-state index in [1.165, 1.54) is 5.56 Å². The molecule has 0 aliphatic carbocycles. The van der Waals surface area contributed by atoms with Gasteiger partial charge in [0.1, 0.15) is 5.69 Å². The summed E-state index contributed by atoms with van der Waals surface area (Å²) in [7, 11) is 0. The third-order valence-corrected chi connectivity index (χ3v) is 5.55. The van der Waals surface area contributed by atoms with Crippen molar-refractivity contribution in [3.8, 4) is 0 Å². The lowest BCUT2D eigenvalue weighted by Gasteiger charge is -2.30. The summed E-state index contributed by atoms with van der Waals surface area (Å²) in [5.41, 5.74) is 12.4. The van der Waals surface area contributed by atoms with Crippen molar-refractivity contribution >= 4 is 17.4 Å². The highest BCUT2D eigenvalue weighted by Gasteiger charge is 2.20. The Balaban J connectivity index is 1.53. The molecular weight excluding hydrogens is 374 g/mol. The van der Waals surface area contributed by atoms with Crippen molar-refractivity contribution in [2.24, 2.45) is 0 Å². The van der Waals surface area contributed by atoms with E-state index in [0.717, 1.165) is 41.2 Å². The van der Waals surface area contributed by atoms with Gasteiger partial charge in [0.05, 0.1) is 5.69 Å². The molecule has 2 aromatic heterocycles. The quantitative estimate of drug-likeness (QED) is 0.653. The van der Waals surface area contributed by atoms with E-state index in [9.17, 15) is 4.79 Å². The molecule has 0 radical (unpaired) electrons. The molecule has 30 heavy (non-hydrogen) atoms. The van der Waals surface area contributed by atoms with Crippen molar-refractivity contribution in [3.05, 3.63) is 76.4 Å². The number of aryl methyl sites for hydroxylation is 1. The Hall–Kier alpha value is -3.28. The monoisotopic (exact) mass is 401 g/mol. The Kier molecular flexibility index (Phi) is 5.48. The predicted molar refractivity (Wildman–Crippen MR) is 119 cm³/mol. The van der Waals surface area contributed by atoms with Crippen LogP contribution in [0, 0.1) is 6.92 Å². The number of Topliss-reactive ketones (excluding diaryl/α,β-unsaturated/α-hetero) is 1. The first-order chi connectivity index (χ1) is 14.4. The molecule has 3 aromatic rings. The standard InChI is InChI=1S/C24H27N5O/c1-15(2)18-6-4-17(5-7-18)11-23(30)22-12-20(10-16(3)27-22)29-9-8-21-19(14-29)13-26-24(25)28-21/h4-7,10,12-13,15H,8-9,11,14H2,1-3H3,(H2,25,26,28). The van der Waals surface area contributed by atoms with Crippen LogP contribution < -0.4 is 10.6 Å². The zero-order valence-electron chi connectivity index (χ0n) is 17.7. The molecule has 6 nitrogen and oxygen atoms in total. The Bertz CT molecular complexity index is 1080. The SMILES string of the molecule is Cc1cc(N2CCc3nc(N)ncc3C2)cc(C(=O)Cc2ccc(C(C)C)cc2)n1. The number of rotatable bonds is 5. The van der Waals surface area contributed by atoms with Gasteiger partial charge < -0.3 is 10.6 Å². The molecule has 0 atom stereocenters. The van der Waals surface area contributed by atoms with Gasteiger partial charge in [-0.2, -0.15) is 0 Å². The lowest BCUT2D eigenvalue weighted by molar-refractivity contribution is 0.0988. The van der Waals surface area contributed by atoms with Crippen molar-refractivity contribution in [1.29, 1.82) is 0 Å². The van der Waals surface area contributed by atoms with E-state index in [4.69, 9.17) is 5.73 Å². The number of hydrogen-bond donors (Lipinski definition) is 1. The minimum absolute atomic E-state index is 0.0331. The number of carbonyl (C=O) groups is 1. The third kappa shape index (κ3) is 4.32. The number of anilines is 2. The average Bonchev–Trinajstić information content (AvgIpc) is 2.73. The average molecular weight is 402 g/mol. The molecule has 0 amide bonds. The molecule has 154 valence electrons. The highest BCUT2D eigenvalue weighted by Crippen LogP contribution is 2.25. The second kappa shape index (κ2) is 8.22. The first-order valence-electron chi connectivity index (χ1n) is 10.3. The topological polar surface area (TPSA) is 85.0 Å². The maximum absolute atomic E-state index is 12.9. The van der Waals surface area contributed by atoms with E-state index in [1.54, 1.807) is 6.20 Å². The van der Waals surface area contributed by atoms with E-state index >= 15 is 0 Å².